The van der Waals surface area contributed by atoms with Gasteiger partial charge < -0.3 is 24.3 Å². The second-order valence-electron chi connectivity index (χ2n) is 8.07. The van der Waals surface area contributed by atoms with Crippen LogP contribution in [-0.2, 0) is 23.9 Å². The van der Waals surface area contributed by atoms with Crippen molar-refractivity contribution >= 4 is 17.7 Å². The molecule has 0 bridgehead atoms. The quantitative estimate of drug-likeness (QED) is 0.492. The first kappa shape index (κ1) is 24.4. The predicted octanol–water partition coefficient (Wildman–Crippen LogP) is 3.27. The van der Waals surface area contributed by atoms with Gasteiger partial charge in [-0.1, -0.05) is 19.1 Å². The number of benzene rings is 1. The molecule has 1 heterocycles. The fourth-order valence-corrected chi connectivity index (χ4v) is 4.72. The Bertz CT molecular complexity index is 1020. The van der Waals surface area contributed by atoms with Crippen molar-refractivity contribution in [3.8, 4) is 11.5 Å². The van der Waals surface area contributed by atoms with Gasteiger partial charge in [0.2, 0.25) is 0 Å². The number of ether oxygens (including phenoxy) is 4. The van der Waals surface area contributed by atoms with Gasteiger partial charge in [-0.3, -0.25) is 9.59 Å². The molecule has 3 rings (SSSR count). The van der Waals surface area contributed by atoms with E-state index in [1.54, 1.807) is 39.0 Å². The molecule has 0 amide bonds. The van der Waals surface area contributed by atoms with Gasteiger partial charge in [-0.15, -0.1) is 0 Å². The molecule has 0 saturated carbocycles. The minimum atomic E-state index is -0.952. The Morgan fingerprint density at radius 1 is 1.09 bits per heavy atom. The minimum absolute atomic E-state index is 0.180. The number of carbonyl (C=O) groups is 3. The lowest BCUT2D eigenvalue weighted by molar-refractivity contribution is -0.153. The van der Waals surface area contributed by atoms with Gasteiger partial charge in [0.15, 0.2) is 17.3 Å². The number of hydrogen-bond acceptors (Lipinski definition) is 8. The summed E-state index contributed by atoms with van der Waals surface area (Å²) in [4.78, 5) is 39.6. The topological polar surface area (TPSA) is 100 Å². The van der Waals surface area contributed by atoms with Crippen molar-refractivity contribution in [1.29, 1.82) is 0 Å². The van der Waals surface area contributed by atoms with E-state index in [0.717, 1.165) is 0 Å². The van der Waals surface area contributed by atoms with E-state index in [1.807, 2.05) is 6.92 Å². The molecular weight excluding hydrogens is 426 g/mol. The maximum atomic E-state index is 13.8. The molecule has 8 nitrogen and oxygen atoms in total. The lowest BCUT2D eigenvalue weighted by Gasteiger charge is -2.38. The normalized spacial score (nSPS) is 22.4. The average Bonchev–Trinajstić information content (AvgIpc) is 2.77. The van der Waals surface area contributed by atoms with Crippen LogP contribution in [0.5, 0.6) is 11.5 Å². The number of rotatable bonds is 7. The zero-order chi connectivity index (χ0) is 24.3. The van der Waals surface area contributed by atoms with Crippen molar-refractivity contribution in [3.05, 3.63) is 46.3 Å². The zero-order valence-corrected chi connectivity index (χ0v) is 19.9. The second-order valence-corrected chi connectivity index (χ2v) is 8.07. The summed E-state index contributed by atoms with van der Waals surface area (Å²) in [5, 5.41) is 3.24. The summed E-state index contributed by atoms with van der Waals surface area (Å²) < 4.78 is 21.7. The van der Waals surface area contributed by atoms with Crippen LogP contribution >= 0.6 is 0 Å². The fraction of sp³-hybridized carbons (Fsp3) is 0.480. The number of para-hydroxylation sites is 1. The molecule has 0 radical (unpaired) electrons. The number of nitrogens with one attached hydrogen (secondary N) is 1. The van der Waals surface area contributed by atoms with Gasteiger partial charge in [0.05, 0.1) is 38.9 Å². The Balaban J connectivity index is 2.26. The summed E-state index contributed by atoms with van der Waals surface area (Å²) in [7, 11) is 3.02. The second kappa shape index (κ2) is 10.1. The smallest absolute Gasteiger partial charge is 0.336 e. The van der Waals surface area contributed by atoms with Crippen molar-refractivity contribution in [2.45, 2.75) is 40.0 Å². The maximum Gasteiger partial charge on any atom is 0.336 e. The third-order valence-electron chi connectivity index (χ3n) is 6.07. The molecule has 1 aliphatic heterocycles. The summed E-state index contributed by atoms with van der Waals surface area (Å²) in [5.74, 6) is -2.58. The average molecular weight is 458 g/mol. The van der Waals surface area contributed by atoms with Crippen LogP contribution in [0, 0.1) is 11.8 Å². The molecule has 0 spiro atoms. The van der Waals surface area contributed by atoms with Crippen molar-refractivity contribution in [2.75, 3.05) is 27.4 Å². The standard InChI is InChI=1S/C25H31NO7/c1-7-32-24(28)18-13(3)12-16-21(22(18)27)20(19(14(4)26-16)25(29)33-8-2)15-10-9-11-17(30-5)23(15)31-6/h9-11,13,18,20,26H,7-8,12H2,1-6H3/t13-,18-,20+/m0/s1. The molecule has 0 aromatic heterocycles. The number of methoxy groups -OCH3 is 2. The van der Waals surface area contributed by atoms with Crippen molar-refractivity contribution in [1.82, 2.24) is 5.32 Å². The highest BCUT2D eigenvalue weighted by Crippen LogP contribution is 2.49. The molecule has 8 heteroatoms. The highest BCUT2D eigenvalue weighted by Gasteiger charge is 2.48. The molecular formula is C25H31NO7. The summed E-state index contributed by atoms with van der Waals surface area (Å²) in [6, 6.07) is 5.31. The lowest BCUT2D eigenvalue weighted by Crippen LogP contribution is -2.43. The Morgan fingerprint density at radius 2 is 1.79 bits per heavy atom. The number of esters is 2. The van der Waals surface area contributed by atoms with Crippen LogP contribution in [0.2, 0.25) is 0 Å². The number of carbonyl (C=O) groups excluding carboxylic acids is 3. The fourth-order valence-electron chi connectivity index (χ4n) is 4.72. The van der Waals surface area contributed by atoms with E-state index in [1.165, 1.54) is 14.2 Å². The summed E-state index contributed by atoms with van der Waals surface area (Å²) in [6.45, 7) is 7.42. The molecule has 0 unspecified atom stereocenters. The summed E-state index contributed by atoms with van der Waals surface area (Å²) >= 11 is 0. The van der Waals surface area contributed by atoms with E-state index in [-0.39, 0.29) is 24.9 Å². The van der Waals surface area contributed by atoms with Gasteiger partial charge in [0, 0.05) is 22.5 Å². The van der Waals surface area contributed by atoms with Crippen LogP contribution in [0.4, 0.5) is 0 Å². The van der Waals surface area contributed by atoms with Gasteiger partial charge >= 0.3 is 11.9 Å². The number of hydrogen-bond donors (Lipinski definition) is 1. The zero-order valence-electron chi connectivity index (χ0n) is 19.9. The van der Waals surface area contributed by atoms with Crippen molar-refractivity contribution in [2.24, 2.45) is 11.8 Å². The number of dihydropyridines is 1. The Kier molecular flexibility index (Phi) is 7.46. The van der Waals surface area contributed by atoms with E-state index in [9.17, 15) is 14.4 Å². The van der Waals surface area contributed by atoms with Crippen LogP contribution in [-0.4, -0.2) is 45.2 Å². The number of ketones is 1. The van der Waals surface area contributed by atoms with Gasteiger partial charge in [0.25, 0.3) is 0 Å². The van der Waals surface area contributed by atoms with Crippen LogP contribution in [0.3, 0.4) is 0 Å². The van der Waals surface area contributed by atoms with Gasteiger partial charge in [-0.2, -0.15) is 0 Å². The SMILES string of the molecule is CCOC(=O)C1=C(C)NC2=C(C(=O)[C@@H](C(=O)OCC)[C@@H](C)C2)[C@@H]1c1cccc(OC)c1OC. The molecule has 3 atom stereocenters. The van der Waals surface area contributed by atoms with E-state index in [2.05, 4.69) is 5.32 Å². The van der Waals surface area contributed by atoms with Crippen molar-refractivity contribution in [3.63, 3.8) is 0 Å². The van der Waals surface area contributed by atoms with Gasteiger partial charge in [-0.05, 0) is 39.2 Å². The van der Waals surface area contributed by atoms with E-state index in [0.29, 0.717) is 46.0 Å². The first-order valence-corrected chi connectivity index (χ1v) is 11.1. The largest absolute Gasteiger partial charge is 0.493 e. The van der Waals surface area contributed by atoms with Gasteiger partial charge in [0.1, 0.15) is 5.92 Å². The first-order chi connectivity index (χ1) is 15.8. The van der Waals surface area contributed by atoms with Gasteiger partial charge in [-0.25, -0.2) is 4.79 Å². The molecule has 1 aromatic carbocycles. The maximum absolute atomic E-state index is 13.8. The highest BCUT2D eigenvalue weighted by molar-refractivity contribution is 6.12. The lowest BCUT2D eigenvalue weighted by atomic mass is 9.69. The molecule has 1 N–H and O–H groups in total. The molecule has 1 aliphatic carbocycles. The Hall–Kier alpha value is -3.29. The molecule has 0 fully saturated rings. The number of allylic oxidation sites excluding steroid dienone is 3. The van der Waals surface area contributed by atoms with E-state index in [4.69, 9.17) is 18.9 Å². The minimum Gasteiger partial charge on any atom is -0.493 e. The summed E-state index contributed by atoms with van der Waals surface area (Å²) in [6.07, 6.45) is 0.459. The monoisotopic (exact) mass is 457 g/mol. The predicted molar refractivity (Wildman–Crippen MR) is 121 cm³/mol. The number of Topliss-reactive ketones (excluding diaryl/α,β-unsaturated/α-hetero) is 1. The third kappa shape index (κ3) is 4.34. The molecule has 1 aromatic rings. The first-order valence-electron chi connectivity index (χ1n) is 11.1. The van der Waals surface area contributed by atoms with E-state index >= 15 is 0 Å². The van der Waals surface area contributed by atoms with Crippen LogP contribution in [0.15, 0.2) is 40.7 Å². The molecule has 178 valence electrons. The molecule has 2 aliphatic rings. The summed E-state index contributed by atoms with van der Waals surface area (Å²) in [5.41, 5.74) is 2.52. The third-order valence-corrected chi connectivity index (χ3v) is 6.07. The molecule has 0 saturated heterocycles. The van der Waals surface area contributed by atoms with Crippen LogP contribution in [0.25, 0.3) is 0 Å². The van der Waals surface area contributed by atoms with Crippen LogP contribution < -0.4 is 14.8 Å². The molecule has 33 heavy (non-hydrogen) atoms. The Morgan fingerprint density at radius 3 is 2.39 bits per heavy atom. The van der Waals surface area contributed by atoms with E-state index < -0.39 is 23.8 Å². The van der Waals surface area contributed by atoms with Crippen LogP contribution in [0.1, 0.15) is 45.6 Å². The highest BCUT2D eigenvalue weighted by atomic mass is 16.5. The van der Waals surface area contributed by atoms with Crippen molar-refractivity contribution < 1.29 is 33.3 Å². The Labute approximate surface area is 193 Å².